The Labute approximate surface area is 194 Å². The maximum absolute atomic E-state index is 13.8. The topological polar surface area (TPSA) is 69.2 Å². The van der Waals surface area contributed by atoms with Crippen molar-refractivity contribution in [1.29, 1.82) is 0 Å². The lowest BCUT2D eigenvalue weighted by Gasteiger charge is -2.26. The molecule has 1 aromatic carbocycles. The van der Waals surface area contributed by atoms with Gasteiger partial charge in [0.1, 0.15) is 18.2 Å². The van der Waals surface area contributed by atoms with Crippen LogP contribution in [0.2, 0.25) is 0 Å². The van der Waals surface area contributed by atoms with E-state index in [2.05, 4.69) is 20.5 Å². The highest BCUT2D eigenvalue weighted by Gasteiger charge is 2.10. The van der Waals surface area contributed by atoms with E-state index in [4.69, 9.17) is 4.74 Å². The van der Waals surface area contributed by atoms with Crippen molar-refractivity contribution in [2.75, 3.05) is 66.6 Å². The van der Waals surface area contributed by atoms with Gasteiger partial charge in [0.05, 0.1) is 13.2 Å². The number of carbonyl (C=O) groups is 1. The lowest BCUT2D eigenvalue weighted by molar-refractivity contribution is -0.127. The number of nitrogens with one attached hydrogen (secondary N) is 2. The van der Waals surface area contributed by atoms with Gasteiger partial charge in [-0.3, -0.25) is 9.69 Å². The summed E-state index contributed by atoms with van der Waals surface area (Å²) in [5.41, 5.74) is 0.300. The number of aliphatic imine (C=N–C) groups is 1. The Hall–Kier alpha value is -1.53. The van der Waals surface area contributed by atoms with Gasteiger partial charge in [-0.25, -0.2) is 13.8 Å². The molecule has 0 saturated carbocycles. The molecular weight excluding hydrogens is 507 g/mol. The summed E-state index contributed by atoms with van der Waals surface area (Å²) >= 11 is 0. The minimum atomic E-state index is -0.465. The van der Waals surface area contributed by atoms with Crippen LogP contribution >= 0.6 is 24.0 Å². The van der Waals surface area contributed by atoms with Crippen molar-refractivity contribution in [1.82, 2.24) is 20.4 Å². The van der Waals surface area contributed by atoms with E-state index < -0.39 is 11.6 Å². The number of guanidine groups is 1. The van der Waals surface area contributed by atoms with Crippen LogP contribution < -0.4 is 10.6 Å². The van der Waals surface area contributed by atoms with Crippen molar-refractivity contribution in [2.24, 2.45) is 4.99 Å². The van der Waals surface area contributed by atoms with Crippen molar-refractivity contribution in [3.63, 3.8) is 0 Å². The van der Waals surface area contributed by atoms with Gasteiger partial charge in [0.25, 0.3) is 0 Å². The molecule has 0 aliphatic carbocycles. The molecule has 0 bridgehead atoms. The summed E-state index contributed by atoms with van der Waals surface area (Å²) in [4.78, 5) is 19.9. The van der Waals surface area contributed by atoms with Crippen molar-refractivity contribution in [3.8, 4) is 0 Å². The van der Waals surface area contributed by atoms with Crippen molar-refractivity contribution in [2.45, 2.75) is 12.8 Å². The fraction of sp³-hybridized carbons (Fsp3) is 0.600. The third-order valence-corrected chi connectivity index (χ3v) is 4.61. The molecule has 1 saturated heterocycles. The average Bonchev–Trinajstić information content (AvgIpc) is 2.71. The van der Waals surface area contributed by atoms with E-state index in [0.717, 1.165) is 51.4 Å². The van der Waals surface area contributed by atoms with Gasteiger partial charge < -0.3 is 20.3 Å². The number of hydrogen-bond acceptors (Lipinski definition) is 4. The van der Waals surface area contributed by atoms with E-state index in [-0.39, 0.29) is 36.4 Å². The maximum atomic E-state index is 13.8. The molecule has 2 rings (SSSR count). The van der Waals surface area contributed by atoms with E-state index in [0.29, 0.717) is 31.0 Å². The van der Waals surface area contributed by atoms with Crippen LogP contribution in [0, 0.1) is 11.6 Å². The van der Waals surface area contributed by atoms with Crippen LogP contribution in [0.1, 0.15) is 12.0 Å². The number of morpholine rings is 1. The zero-order valence-electron chi connectivity index (χ0n) is 17.6. The molecule has 1 aliphatic heterocycles. The molecule has 1 aliphatic rings. The zero-order chi connectivity index (χ0) is 21.1. The monoisotopic (exact) mass is 539 g/mol. The van der Waals surface area contributed by atoms with Gasteiger partial charge in [0.15, 0.2) is 5.96 Å². The Morgan fingerprint density at radius 1 is 1.20 bits per heavy atom. The van der Waals surface area contributed by atoms with Gasteiger partial charge in [-0.05, 0) is 43.1 Å². The minimum absolute atomic E-state index is 0. The van der Waals surface area contributed by atoms with Crippen LogP contribution in [0.4, 0.5) is 8.78 Å². The van der Waals surface area contributed by atoms with E-state index >= 15 is 0 Å². The van der Waals surface area contributed by atoms with Crippen LogP contribution in [0.15, 0.2) is 23.2 Å². The standard InChI is InChI=1S/C20H31F2N5O2.HI/c1-26(2)19(28)15-25-20(23-7-3-9-27-10-12-29-13-11-27)24-8-6-16-14-17(21)4-5-18(16)22;/h4-5,14H,3,6-13,15H2,1-2H3,(H2,23,24,25);1H. The third kappa shape index (κ3) is 9.98. The smallest absolute Gasteiger partial charge is 0.243 e. The van der Waals surface area contributed by atoms with E-state index in [1.807, 2.05) is 0 Å². The molecule has 0 radical (unpaired) electrons. The number of rotatable bonds is 9. The predicted molar refractivity (Wildman–Crippen MR) is 124 cm³/mol. The summed E-state index contributed by atoms with van der Waals surface area (Å²) in [6, 6.07) is 3.42. The second-order valence-electron chi connectivity index (χ2n) is 7.10. The second-order valence-corrected chi connectivity index (χ2v) is 7.10. The van der Waals surface area contributed by atoms with Gasteiger partial charge in [-0.15, -0.1) is 24.0 Å². The van der Waals surface area contributed by atoms with Crippen LogP contribution in [0.25, 0.3) is 0 Å². The van der Waals surface area contributed by atoms with Gasteiger partial charge in [-0.2, -0.15) is 0 Å². The Morgan fingerprint density at radius 3 is 2.60 bits per heavy atom. The molecule has 1 amide bonds. The Kier molecular flexibility index (Phi) is 12.8. The summed E-state index contributed by atoms with van der Waals surface area (Å²) in [5.74, 6) is -0.532. The molecule has 30 heavy (non-hydrogen) atoms. The normalized spacial score (nSPS) is 14.7. The van der Waals surface area contributed by atoms with Gasteiger partial charge in [0, 0.05) is 40.3 Å². The van der Waals surface area contributed by atoms with Crippen molar-refractivity contribution < 1.29 is 18.3 Å². The molecule has 170 valence electrons. The molecule has 7 nitrogen and oxygen atoms in total. The number of nitrogens with zero attached hydrogens (tertiary/aromatic N) is 3. The summed E-state index contributed by atoms with van der Waals surface area (Å²) in [6.45, 7) is 5.44. The number of likely N-dealkylation sites (N-methyl/N-ethyl adjacent to an activating group) is 1. The van der Waals surface area contributed by atoms with Crippen molar-refractivity contribution >= 4 is 35.8 Å². The van der Waals surface area contributed by atoms with E-state index in [9.17, 15) is 13.6 Å². The first kappa shape index (κ1) is 26.5. The molecular formula is C20H32F2IN5O2. The Morgan fingerprint density at radius 2 is 1.90 bits per heavy atom. The largest absolute Gasteiger partial charge is 0.379 e. The molecule has 1 fully saturated rings. The number of hydrogen-bond donors (Lipinski definition) is 2. The molecule has 1 heterocycles. The molecule has 0 unspecified atom stereocenters. The number of halogens is 3. The van der Waals surface area contributed by atoms with Gasteiger partial charge in [-0.1, -0.05) is 0 Å². The highest BCUT2D eigenvalue weighted by atomic mass is 127. The maximum Gasteiger partial charge on any atom is 0.243 e. The fourth-order valence-electron chi connectivity index (χ4n) is 2.85. The first-order valence-corrected chi connectivity index (χ1v) is 9.92. The lowest BCUT2D eigenvalue weighted by atomic mass is 10.1. The minimum Gasteiger partial charge on any atom is -0.379 e. The van der Waals surface area contributed by atoms with Crippen LogP contribution in [0.3, 0.4) is 0 Å². The Balaban J connectivity index is 0.00000450. The number of ether oxygens (including phenoxy) is 1. The van der Waals surface area contributed by atoms with Gasteiger partial charge >= 0.3 is 0 Å². The van der Waals surface area contributed by atoms with Crippen LogP contribution in [0.5, 0.6) is 0 Å². The van der Waals surface area contributed by atoms with E-state index in [1.54, 1.807) is 14.1 Å². The molecule has 0 atom stereocenters. The second kappa shape index (κ2) is 14.5. The fourth-order valence-corrected chi connectivity index (χ4v) is 2.85. The molecule has 2 N–H and O–H groups in total. The number of carbonyl (C=O) groups excluding carboxylic acids is 1. The first-order chi connectivity index (χ1) is 14.0. The average molecular weight is 539 g/mol. The summed E-state index contributed by atoms with van der Waals surface area (Å²) in [6.07, 6.45) is 1.22. The van der Waals surface area contributed by atoms with Gasteiger partial charge in [0.2, 0.25) is 5.91 Å². The SMILES string of the molecule is CN(C)C(=O)CN=C(NCCCN1CCOCC1)NCCc1cc(F)ccc1F.I. The highest BCUT2D eigenvalue weighted by molar-refractivity contribution is 14.0. The summed E-state index contributed by atoms with van der Waals surface area (Å²) < 4.78 is 32.4. The molecule has 0 spiro atoms. The lowest BCUT2D eigenvalue weighted by Crippen LogP contribution is -2.42. The third-order valence-electron chi connectivity index (χ3n) is 4.61. The number of amides is 1. The van der Waals surface area contributed by atoms with Crippen LogP contribution in [-0.2, 0) is 16.0 Å². The summed E-state index contributed by atoms with van der Waals surface area (Å²) in [5, 5.41) is 6.30. The summed E-state index contributed by atoms with van der Waals surface area (Å²) in [7, 11) is 3.35. The quantitative estimate of drug-likeness (QED) is 0.216. The first-order valence-electron chi connectivity index (χ1n) is 9.92. The van der Waals surface area contributed by atoms with E-state index in [1.165, 1.54) is 11.0 Å². The zero-order valence-corrected chi connectivity index (χ0v) is 20.0. The number of benzene rings is 1. The molecule has 1 aromatic rings. The Bertz CT molecular complexity index is 685. The van der Waals surface area contributed by atoms with Crippen molar-refractivity contribution in [3.05, 3.63) is 35.4 Å². The highest BCUT2D eigenvalue weighted by Crippen LogP contribution is 2.09. The molecule has 10 heteroatoms. The molecule has 0 aromatic heterocycles. The van der Waals surface area contributed by atoms with Crippen LogP contribution in [-0.4, -0.2) is 88.2 Å². The predicted octanol–water partition coefficient (Wildman–Crippen LogP) is 1.47.